The molecule has 0 aliphatic rings. The summed E-state index contributed by atoms with van der Waals surface area (Å²) >= 11 is 9.34. The fourth-order valence-electron chi connectivity index (χ4n) is 1.99. The third kappa shape index (κ3) is 3.17. The number of nitrogen functional groups attached to an aromatic ring is 1. The molecule has 0 spiro atoms. The highest BCUT2D eigenvalue weighted by Crippen LogP contribution is 2.32. The van der Waals surface area contributed by atoms with Crippen LogP contribution in [0, 0.1) is 0 Å². The van der Waals surface area contributed by atoms with Crippen molar-refractivity contribution in [1.82, 2.24) is 0 Å². The van der Waals surface area contributed by atoms with Gasteiger partial charge < -0.3 is 5.73 Å². The van der Waals surface area contributed by atoms with E-state index in [-0.39, 0.29) is 16.5 Å². The summed E-state index contributed by atoms with van der Waals surface area (Å²) in [5, 5.41) is 0.164. The fourth-order valence-corrected chi connectivity index (χ4v) is 4.50. The first-order valence-corrected chi connectivity index (χ1v) is 8.81. The molecule has 4 nitrogen and oxygen atoms in total. The molecule has 2 aromatic carbocycles. The predicted molar refractivity (Wildman–Crippen MR) is 90.2 cm³/mol. The van der Waals surface area contributed by atoms with Gasteiger partial charge in [0, 0.05) is 11.0 Å². The predicted octanol–water partition coefficient (Wildman–Crippen LogP) is 3.90. The van der Waals surface area contributed by atoms with Crippen molar-refractivity contribution in [2.24, 2.45) is 0 Å². The number of sulfonamides is 1. The summed E-state index contributed by atoms with van der Waals surface area (Å²) in [5.41, 5.74) is 6.73. The van der Waals surface area contributed by atoms with Crippen LogP contribution >= 0.6 is 27.5 Å². The lowest BCUT2D eigenvalue weighted by Crippen LogP contribution is -2.31. The lowest BCUT2D eigenvalue weighted by Gasteiger charge is -2.24. The molecule has 0 saturated heterocycles. The van der Waals surface area contributed by atoms with E-state index < -0.39 is 10.0 Å². The van der Waals surface area contributed by atoms with E-state index in [1.54, 1.807) is 43.3 Å². The average Bonchev–Trinajstić information content (AvgIpc) is 2.41. The van der Waals surface area contributed by atoms with E-state index in [4.69, 9.17) is 17.3 Å². The molecular weight excluding hydrogens is 376 g/mol. The Bertz CT molecular complexity index is 765. The number of benzene rings is 2. The summed E-state index contributed by atoms with van der Waals surface area (Å²) in [6.07, 6.45) is 0. The van der Waals surface area contributed by atoms with Gasteiger partial charge in [-0.2, -0.15) is 0 Å². The Hall–Kier alpha value is -1.24. The normalized spacial score (nSPS) is 11.4. The molecule has 2 aromatic rings. The van der Waals surface area contributed by atoms with Gasteiger partial charge in [-0.1, -0.05) is 39.7 Å². The molecule has 0 bridgehead atoms. The Kier molecular flexibility index (Phi) is 4.81. The van der Waals surface area contributed by atoms with Gasteiger partial charge in [0.2, 0.25) is 0 Å². The molecule has 2 rings (SSSR count). The Morgan fingerprint density at radius 3 is 2.48 bits per heavy atom. The van der Waals surface area contributed by atoms with E-state index >= 15 is 0 Å². The van der Waals surface area contributed by atoms with Crippen molar-refractivity contribution >= 4 is 48.9 Å². The second kappa shape index (κ2) is 6.25. The fraction of sp³-hybridized carbons (Fsp3) is 0.143. The second-order valence-electron chi connectivity index (χ2n) is 4.30. The van der Waals surface area contributed by atoms with Gasteiger partial charge in [0.05, 0.1) is 16.4 Å². The lowest BCUT2D eigenvalue weighted by molar-refractivity contribution is 0.592. The first kappa shape index (κ1) is 16.1. The Balaban J connectivity index is 2.58. The second-order valence-corrected chi connectivity index (χ2v) is 7.46. The molecule has 7 heteroatoms. The van der Waals surface area contributed by atoms with Gasteiger partial charge in [-0.25, -0.2) is 8.42 Å². The largest absolute Gasteiger partial charge is 0.397 e. The van der Waals surface area contributed by atoms with Gasteiger partial charge in [0.1, 0.15) is 4.90 Å². The molecule has 0 heterocycles. The van der Waals surface area contributed by atoms with E-state index in [1.165, 1.54) is 10.4 Å². The van der Waals surface area contributed by atoms with Gasteiger partial charge >= 0.3 is 0 Å². The topological polar surface area (TPSA) is 63.4 Å². The molecule has 0 unspecified atom stereocenters. The van der Waals surface area contributed by atoms with Crippen molar-refractivity contribution in [2.45, 2.75) is 11.8 Å². The van der Waals surface area contributed by atoms with Crippen LogP contribution in [0.4, 0.5) is 11.4 Å². The number of nitrogens with zero attached hydrogens (tertiary/aromatic N) is 1. The molecule has 0 atom stereocenters. The average molecular weight is 390 g/mol. The Morgan fingerprint density at radius 1 is 1.24 bits per heavy atom. The van der Waals surface area contributed by atoms with E-state index in [9.17, 15) is 8.42 Å². The zero-order valence-corrected chi connectivity index (χ0v) is 14.4. The van der Waals surface area contributed by atoms with Crippen molar-refractivity contribution in [2.75, 3.05) is 16.6 Å². The Labute approximate surface area is 137 Å². The maximum atomic E-state index is 12.8. The Morgan fingerprint density at radius 2 is 1.90 bits per heavy atom. The zero-order chi connectivity index (χ0) is 15.6. The quantitative estimate of drug-likeness (QED) is 0.807. The van der Waals surface area contributed by atoms with Crippen molar-refractivity contribution in [1.29, 1.82) is 0 Å². The molecule has 0 fully saturated rings. The van der Waals surface area contributed by atoms with Gasteiger partial charge in [-0.15, -0.1) is 0 Å². The first-order valence-electron chi connectivity index (χ1n) is 6.20. The van der Waals surface area contributed by atoms with Crippen LogP contribution in [0.25, 0.3) is 0 Å². The van der Waals surface area contributed by atoms with Crippen LogP contribution in [0.2, 0.25) is 5.02 Å². The molecule has 0 amide bonds. The molecule has 21 heavy (non-hydrogen) atoms. The summed E-state index contributed by atoms with van der Waals surface area (Å²) in [4.78, 5) is 0.0532. The minimum Gasteiger partial charge on any atom is -0.397 e. The van der Waals surface area contributed by atoms with E-state index in [2.05, 4.69) is 15.9 Å². The molecule has 0 aliphatic carbocycles. The molecule has 112 valence electrons. The highest BCUT2D eigenvalue weighted by Gasteiger charge is 2.27. The highest BCUT2D eigenvalue weighted by atomic mass is 79.9. The van der Waals surface area contributed by atoms with Crippen LogP contribution in [0.15, 0.2) is 51.8 Å². The molecule has 0 radical (unpaired) electrons. The minimum absolute atomic E-state index is 0.0532. The maximum Gasteiger partial charge on any atom is 0.265 e. The number of hydrogen-bond donors (Lipinski definition) is 1. The van der Waals surface area contributed by atoms with Gasteiger partial charge in [0.25, 0.3) is 10.0 Å². The monoisotopic (exact) mass is 388 g/mol. The number of anilines is 2. The summed E-state index contributed by atoms with van der Waals surface area (Å²) in [7, 11) is -3.77. The van der Waals surface area contributed by atoms with Crippen LogP contribution in [-0.2, 0) is 10.0 Å². The highest BCUT2D eigenvalue weighted by molar-refractivity contribution is 9.10. The third-order valence-corrected chi connectivity index (χ3v) is 5.82. The lowest BCUT2D eigenvalue weighted by atomic mass is 10.3. The van der Waals surface area contributed by atoms with Gasteiger partial charge in [-0.3, -0.25) is 4.31 Å². The number of para-hydroxylation sites is 2. The van der Waals surface area contributed by atoms with Crippen molar-refractivity contribution in [3.05, 3.63) is 52.0 Å². The maximum absolute atomic E-state index is 12.8. The number of nitrogens with two attached hydrogens (primary N) is 1. The molecule has 2 N–H and O–H groups in total. The number of hydrogen-bond acceptors (Lipinski definition) is 3. The van der Waals surface area contributed by atoms with Crippen LogP contribution < -0.4 is 10.0 Å². The summed E-state index contributed by atoms with van der Waals surface area (Å²) in [5.74, 6) is 0. The minimum atomic E-state index is -3.77. The zero-order valence-electron chi connectivity index (χ0n) is 11.3. The van der Waals surface area contributed by atoms with Crippen LogP contribution in [0.5, 0.6) is 0 Å². The molecule has 0 aliphatic heterocycles. The van der Waals surface area contributed by atoms with Crippen molar-refractivity contribution < 1.29 is 8.42 Å². The summed E-state index contributed by atoms with van der Waals surface area (Å²) < 4.78 is 27.6. The van der Waals surface area contributed by atoms with Crippen molar-refractivity contribution in [3.63, 3.8) is 0 Å². The van der Waals surface area contributed by atoms with Crippen LogP contribution in [0.3, 0.4) is 0 Å². The van der Waals surface area contributed by atoms with E-state index in [0.717, 1.165) is 0 Å². The van der Waals surface area contributed by atoms with Gasteiger partial charge in [0.15, 0.2) is 0 Å². The molecule has 0 saturated carbocycles. The molecular formula is C14H14BrClN2O2S. The molecule has 0 aromatic heterocycles. The van der Waals surface area contributed by atoms with E-state index in [0.29, 0.717) is 15.8 Å². The van der Waals surface area contributed by atoms with Crippen LogP contribution in [0.1, 0.15) is 6.92 Å². The third-order valence-electron chi connectivity index (χ3n) is 2.95. The smallest absolute Gasteiger partial charge is 0.265 e. The standard InChI is InChI=1S/C14H14BrClN2O2S/c1-2-18(13-6-4-3-5-12(13)17)21(19,20)14-8-7-10(15)9-11(14)16/h3-9H,2,17H2,1H3. The number of rotatable bonds is 4. The van der Waals surface area contributed by atoms with E-state index in [1.807, 2.05) is 0 Å². The first-order chi connectivity index (χ1) is 9.87. The van der Waals surface area contributed by atoms with Gasteiger partial charge in [-0.05, 0) is 37.3 Å². The van der Waals surface area contributed by atoms with Crippen molar-refractivity contribution in [3.8, 4) is 0 Å². The summed E-state index contributed by atoms with van der Waals surface area (Å²) in [6.45, 7) is 2.00. The number of halogens is 2. The van der Waals surface area contributed by atoms with Crippen LogP contribution in [-0.4, -0.2) is 15.0 Å². The SMILES string of the molecule is CCN(c1ccccc1N)S(=O)(=O)c1ccc(Br)cc1Cl. The summed E-state index contributed by atoms with van der Waals surface area (Å²) in [6, 6.07) is 11.5.